The average Bonchev–Trinajstić information content (AvgIpc) is 3.44. The predicted octanol–water partition coefficient (Wildman–Crippen LogP) is 5.99. The topological polar surface area (TPSA) is 73.6 Å². The molecule has 2 heterocycles. The first-order valence-electron chi connectivity index (χ1n) is 10.3. The molecule has 0 fully saturated rings. The zero-order chi connectivity index (χ0) is 21.4. The van der Waals surface area contributed by atoms with E-state index < -0.39 is 0 Å². The lowest BCUT2D eigenvalue weighted by Crippen LogP contribution is -2.11. The van der Waals surface area contributed by atoms with Crippen molar-refractivity contribution in [3.05, 3.63) is 71.8 Å². The number of fused-ring (bicyclic) bond motifs is 2. The lowest BCUT2D eigenvalue weighted by atomic mass is 9.98. The van der Waals surface area contributed by atoms with Gasteiger partial charge in [-0.3, -0.25) is 4.79 Å². The van der Waals surface area contributed by atoms with Crippen molar-refractivity contribution in [2.45, 2.75) is 26.2 Å². The molecule has 1 aromatic heterocycles. The van der Waals surface area contributed by atoms with Crippen LogP contribution in [0.1, 0.15) is 42.1 Å². The standard InChI is InChI=1S/C25H22N2O4/c1-3-15(2)17-6-10-21-20(12-17)27-25(31-21)16-4-8-19(9-5-16)26-24(28)18-7-11-22-23(13-18)30-14-29-22/h4-13,15H,3,14H2,1-2H3,(H,26,28)/t15-/m1/s1. The Kier molecular flexibility index (Phi) is 4.82. The van der Waals surface area contributed by atoms with Crippen molar-refractivity contribution in [2.75, 3.05) is 12.1 Å². The number of nitrogens with one attached hydrogen (secondary N) is 1. The summed E-state index contributed by atoms with van der Waals surface area (Å²) in [4.78, 5) is 17.2. The highest BCUT2D eigenvalue weighted by Crippen LogP contribution is 2.33. The smallest absolute Gasteiger partial charge is 0.255 e. The van der Waals surface area contributed by atoms with Gasteiger partial charge in [-0.2, -0.15) is 0 Å². The Morgan fingerprint density at radius 2 is 1.84 bits per heavy atom. The van der Waals surface area contributed by atoms with Gasteiger partial charge in [-0.05, 0) is 72.5 Å². The summed E-state index contributed by atoms with van der Waals surface area (Å²) in [5.41, 5.74) is 4.92. The molecule has 3 aromatic carbocycles. The number of aromatic nitrogens is 1. The Labute approximate surface area is 179 Å². The molecule has 4 aromatic rings. The van der Waals surface area contributed by atoms with Crippen molar-refractivity contribution in [3.63, 3.8) is 0 Å². The molecule has 0 aliphatic carbocycles. The summed E-state index contributed by atoms with van der Waals surface area (Å²) in [7, 11) is 0. The van der Waals surface area contributed by atoms with Crippen molar-refractivity contribution in [3.8, 4) is 23.0 Å². The Morgan fingerprint density at radius 3 is 2.65 bits per heavy atom. The number of hydrogen-bond acceptors (Lipinski definition) is 5. The van der Waals surface area contributed by atoms with E-state index in [0.717, 1.165) is 23.1 Å². The molecule has 156 valence electrons. The number of carbonyl (C=O) groups is 1. The number of ether oxygens (including phenoxy) is 2. The second kappa shape index (κ2) is 7.80. The third kappa shape index (κ3) is 3.72. The number of hydrogen-bond donors (Lipinski definition) is 1. The third-order valence-corrected chi connectivity index (χ3v) is 5.62. The Balaban J connectivity index is 1.33. The molecule has 0 unspecified atom stereocenters. The maximum atomic E-state index is 12.6. The first kappa shape index (κ1) is 19.2. The van der Waals surface area contributed by atoms with Gasteiger partial charge in [0.05, 0.1) is 0 Å². The number of nitrogens with zero attached hydrogens (tertiary/aromatic N) is 1. The van der Waals surface area contributed by atoms with Gasteiger partial charge in [0.25, 0.3) is 5.91 Å². The molecule has 1 aliphatic rings. The molecule has 6 nitrogen and oxygen atoms in total. The summed E-state index contributed by atoms with van der Waals surface area (Å²) in [5, 5.41) is 2.89. The van der Waals surface area contributed by atoms with Crippen molar-refractivity contribution < 1.29 is 18.7 Å². The molecule has 0 saturated carbocycles. The fraction of sp³-hybridized carbons (Fsp3) is 0.200. The quantitative estimate of drug-likeness (QED) is 0.434. The summed E-state index contributed by atoms with van der Waals surface area (Å²) in [6.07, 6.45) is 1.08. The second-order valence-electron chi connectivity index (χ2n) is 7.65. The molecule has 0 spiro atoms. The van der Waals surface area contributed by atoms with E-state index in [2.05, 4.69) is 36.3 Å². The van der Waals surface area contributed by atoms with Crippen LogP contribution in [0.15, 0.2) is 65.1 Å². The van der Waals surface area contributed by atoms with Gasteiger partial charge in [-0.25, -0.2) is 4.98 Å². The molecule has 1 aliphatic heterocycles. The molecule has 31 heavy (non-hydrogen) atoms. The number of oxazole rings is 1. The van der Waals surface area contributed by atoms with Crippen LogP contribution in [0.2, 0.25) is 0 Å². The van der Waals surface area contributed by atoms with Gasteiger partial charge >= 0.3 is 0 Å². The molecule has 0 saturated heterocycles. The molecular weight excluding hydrogens is 392 g/mol. The predicted molar refractivity (Wildman–Crippen MR) is 119 cm³/mol. The van der Waals surface area contributed by atoms with Crippen LogP contribution in [-0.4, -0.2) is 17.7 Å². The first-order valence-corrected chi connectivity index (χ1v) is 10.3. The summed E-state index contributed by atoms with van der Waals surface area (Å²) in [6.45, 7) is 4.56. The van der Waals surface area contributed by atoms with Gasteiger partial charge in [-0.1, -0.05) is 19.9 Å². The molecule has 1 amide bonds. The van der Waals surface area contributed by atoms with Crippen molar-refractivity contribution >= 4 is 22.7 Å². The molecule has 0 bridgehead atoms. The monoisotopic (exact) mass is 414 g/mol. The Morgan fingerprint density at radius 1 is 1.03 bits per heavy atom. The van der Waals surface area contributed by atoms with E-state index in [1.54, 1.807) is 18.2 Å². The molecule has 6 heteroatoms. The number of benzene rings is 3. The Hall–Kier alpha value is -3.80. The van der Waals surface area contributed by atoms with Gasteiger partial charge in [0.1, 0.15) is 5.52 Å². The van der Waals surface area contributed by atoms with E-state index in [4.69, 9.17) is 13.9 Å². The highest BCUT2D eigenvalue weighted by Gasteiger charge is 2.16. The van der Waals surface area contributed by atoms with Crippen LogP contribution in [0, 0.1) is 0 Å². The number of amides is 1. The SMILES string of the molecule is CC[C@@H](C)c1ccc2oc(-c3ccc(NC(=O)c4ccc5c(c4)OCO5)cc3)nc2c1. The van der Waals surface area contributed by atoms with Crippen LogP contribution in [0.5, 0.6) is 11.5 Å². The van der Waals surface area contributed by atoms with Gasteiger partial charge in [0.15, 0.2) is 17.1 Å². The fourth-order valence-electron chi connectivity index (χ4n) is 3.55. The zero-order valence-corrected chi connectivity index (χ0v) is 17.3. The molecule has 1 atom stereocenters. The highest BCUT2D eigenvalue weighted by atomic mass is 16.7. The minimum Gasteiger partial charge on any atom is -0.454 e. The van der Waals surface area contributed by atoms with Gasteiger partial charge in [0.2, 0.25) is 12.7 Å². The largest absolute Gasteiger partial charge is 0.454 e. The van der Waals surface area contributed by atoms with Crippen LogP contribution in [-0.2, 0) is 0 Å². The van der Waals surface area contributed by atoms with Crippen molar-refractivity contribution in [2.24, 2.45) is 0 Å². The number of carbonyl (C=O) groups excluding carboxylic acids is 1. The van der Waals surface area contributed by atoms with Crippen LogP contribution in [0.3, 0.4) is 0 Å². The normalized spacial score (nSPS) is 13.4. The number of anilines is 1. The maximum absolute atomic E-state index is 12.6. The van der Waals surface area contributed by atoms with Crippen LogP contribution >= 0.6 is 0 Å². The van der Waals surface area contributed by atoms with Gasteiger partial charge in [-0.15, -0.1) is 0 Å². The second-order valence-corrected chi connectivity index (χ2v) is 7.65. The lowest BCUT2D eigenvalue weighted by molar-refractivity contribution is 0.102. The van der Waals surface area contributed by atoms with Crippen molar-refractivity contribution in [1.82, 2.24) is 4.98 Å². The van der Waals surface area contributed by atoms with Crippen LogP contribution in [0.25, 0.3) is 22.6 Å². The van der Waals surface area contributed by atoms with Gasteiger partial charge in [0, 0.05) is 16.8 Å². The third-order valence-electron chi connectivity index (χ3n) is 5.62. The van der Waals surface area contributed by atoms with E-state index in [0.29, 0.717) is 34.6 Å². The van der Waals surface area contributed by atoms with Crippen molar-refractivity contribution in [1.29, 1.82) is 0 Å². The molecule has 5 rings (SSSR count). The summed E-state index contributed by atoms with van der Waals surface area (Å²) in [5.74, 6) is 2.05. The summed E-state index contributed by atoms with van der Waals surface area (Å²) in [6, 6.07) is 18.7. The van der Waals surface area contributed by atoms with E-state index in [-0.39, 0.29) is 12.7 Å². The first-order chi connectivity index (χ1) is 15.1. The van der Waals surface area contributed by atoms with Gasteiger partial charge < -0.3 is 19.2 Å². The maximum Gasteiger partial charge on any atom is 0.255 e. The summed E-state index contributed by atoms with van der Waals surface area (Å²) >= 11 is 0. The number of rotatable bonds is 5. The lowest BCUT2D eigenvalue weighted by Gasteiger charge is -2.07. The van der Waals surface area contributed by atoms with E-state index in [9.17, 15) is 4.79 Å². The molecule has 0 radical (unpaired) electrons. The van der Waals surface area contributed by atoms with E-state index in [1.807, 2.05) is 30.3 Å². The summed E-state index contributed by atoms with van der Waals surface area (Å²) < 4.78 is 16.6. The highest BCUT2D eigenvalue weighted by molar-refractivity contribution is 6.04. The molecule has 1 N–H and O–H groups in total. The van der Waals surface area contributed by atoms with E-state index in [1.165, 1.54) is 5.56 Å². The van der Waals surface area contributed by atoms with E-state index >= 15 is 0 Å². The fourth-order valence-corrected chi connectivity index (χ4v) is 3.55. The zero-order valence-electron chi connectivity index (χ0n) is 17.3. The Bertz CT molecular complexity index is 1260. The average molecular weight is 414 g/mol. The minimum atomic E-state index is -0.217. The van der Waals surface area contributed by atoms with Crippen LogP contribution in [0.4, 0.5) is 5.69 Å². The molecular formula is C25H22N2O4. The minimum absolute atomic E-state index is 0.177. The van der Waals surface area contributed by atoms with Crippen LogP contribution < -0.4 is 14.8 Å².